The number of pyridine rings is 1. The van der Waals surface area contributed by atoms with Crippen molar-refractivity contribution in [3.63, 3.8) is 0 Å². The normalized spacial score (nSPS) is 9.09. The smallest absolute Gasteiger partial charge is 0.186 e. The van der Waals surface area contributed by atoms with Gasteiger partial charge in [-0.1, -0.05) is 15.9 Å². The molecule has 0 amide bonds. The van der Waals surface area contributed by atoms with Crippen molar-refractivity contribution in [2.45, 2.75) is 6.54 Å². The van der Waals surface area contributed by atoms with Crippen molar-refractivity contribution >= 4 is 15.9 Å². The maximum Gasteiger partial charge on any atom is 0.186 e. The first-order valence-electron chi connectivity index (χ1n) is 3.32. The van der Waals surface area contributed by atoms with Gasteiger partial charge in [0.2, 0.25) is 0 Å². The van der Waals surface area contributed by atoms with Gasteiger partial charge in [-0.2, -0.15) is 5.26 Å². The highest BCUT2D eigenvalue weighted by Gasteiger charge is 1.99. The lowest BCUT2D eigenvalue weighted by Crippen LogP contribution is -2.33. The molecule has 1 heterocycles. The zero-order valence-corrected chi connectivity index (χ0v) is 7.58. The Morgan fingerprint density at radius 2 is 2.45 bits per heavy atom. The average molecular weight is 212 g/mol. The predicted octanol–water partition coefficient (Wildman–Crippen LogP) is 1.24. The van der Waals surface area contributed by atoms with Gasteiger partial charge in [-0.3, -0.25) is 0 Å². The van der Waals surface area contributed by atoms with Gasteiger partial charge in [-0.15, -0.1) is 0 Å². The van der Waals surface area contributed by atoms with Crippen LogP contribution >= 0.6 is 15.9 Å². The summed E-state index contributed by atoms with van der Waals surface area (Å²) in [5, 5.41) is 9.46. The van der Waals surface area contributed by atoms with E-state index in [1.807, 2.05) is 23.0 Å². The number of nitriles is 1. The molecule has 2 nitrogen and oxygen atoms in total. The van der Waals surface area contributed by atoms with E-state index in [1.54, 1.807) is 6.07 Å². The van der Waals surface area contributed by atoms with Gasteiger partial charge in [0.15, 0.2) is 18.9 Å². The lowest BCUT2D eigenvalue weighted by Gasteiger charge is -1.90. The van der Waals surface area contributed by atoms with E-state index in [-0.39, 0.29) is 0 Å². The van der Waals surface area contributed by atoms with Crippen molar-refractivity contribution < 1.29 is 4.57 Å². The van der Waals surface area contributed by atoms with Gasteiger partial charge in [0, 0.05) is 6.07 Å². The summed E-state index contributed by atoms with van der Waals surface area (Å²) in [7, 11) is 0. The van der Waals surface area contributed by atoms with Crippen LogP contribution in [0.4, 0.5) is 0 Å². The van der Waals surface area contributed by atoms with Gasteiger partial charge < -0.3 is 0 Å². The minimum atomic E-state index is 0.702. The topological polar surface area (TPSA) is 27.7 Å². The summed E-state index contributed by atoms with van der Waals surface area (Å²) in [5.41, 5.74) is 0.702. The summed E-state index contributed by atoms with van der Waals surface area (Å²) >= 11 is 3.33. The fourth-order valence-corrected chi connectivity index (χ4v) is 1.23. The van der Waals surface area contributed by atoms with E-state index in [1.165, 1.54) is 0 Å². The summed E-state index contributed by atoms with van der Waals surface area (Å²) in [6, 6.07) is 5.76. The minimum Gasteiger partial charge on any atom is -0.203 e. The van der Waals surface area contributed by atoms with E-state index in [9.17, 15) is 0 Å². The number of alkyl halides is 1. The molecule has 0 unspecified atom stereocenters. The number of aryl methyl sites for hydroxylation is 1. The molecule has 56 valence electrons. The Morgan fingerprint density at radius 3 is 3.09 bits per heavy atom. The van der Waals surface area contributed by atoms with Gasteiger partial charge in [0.1, 0.15) is 11.6 Å². The van der Waals surface area contributed by atoms with Crippen molar-refractivity contribution in [1.29, 1.82) is 5.26 Å². The molecule has 0 aliphatic rings. The second kappa shape index (κ2) is 4.09. The van der Waals surface area contributed by atoms with E-state index in [0.29, 0.717) is 5.56 Å². The van der Waals surface area contributed by atoms with Crippen LogP contribution < -0.4 is 4.57 Å². The SMILES string of the molecule is N#Cc1ccc[n+](CCBr)c1. The van der Waals surface area contributed by atoms with Crippen LogP contribution in [0.25, 0.3) is 0 Å². The van der Waals surface area contributed by atoms with Crippen LogP contribution in [0.15, 0.2) is 24.5 Å². The quantitative estimate of drug-likeness (QED) is 0.535. The second-order valence-corrected chi connectivity index (χ2v) is 2.92. The van der Waals surface area contributed by atoms with Gasteiger partial charge in [0.25, 0.3) is 0 Å². The zero-order chi connectivity index (χ0) is 8.10. The number of halogens is 1. The number of rotatable bonds is 2. The van der Waals surface area contributed by atoms with Crippen molar-refractivity contribution in [3.8, 4) is 6.07 Å². The molecule has 11 heavy (non-hydrogen) atoms. The fraction of sp³-hybridized carbons (Fsp3) is 0.250. The Labute approximate surface area is 74.2 Å². The van der Waals surface area contributed by atoms with E-state index in [4.69, 9.17) is 5.26 Å². The first kappa shape index (κ1) is 8.22. The molecule has 0 radical (unpaired) electrons. The summed E-state index contributed by atoms with van der Waals surface area (Å²) in [6.07, 6.45) is 3.78. The first-order valence-corrected chi connectivity index (χ1v) is 4.44. The highest BCUT2D eigenvalue weighted by molar-refractivity contribution is 9.09. The van der Waals surface area contributed by atoms with Crippen LogP contribution in [-0.4, -0.2) is 5.33 Å². The standard InChI is InChI=1S/C8H8BrN2/c9-3-5-11-4-1-2-8(6-10)7-11/h1-2,4,7H,3,5H2/q+1. The molecule has 0 atom stereocenters. The third-order valence-electron chi connectivity index (χ3n) is 1.33. The summed E-state index contributed by atoms with van der Waals surface area (Å²) in [4.78, 5) is 0. The largest absolute Gasteiger partial charge is 0.203 e. The van der Waals surface area contributed by atoms with Crippen molar-refractivity contribution in [3.05, 3.63) is 30.1 Å². The van der Waals surface area contributed by atoms with Crippen LogP contribution in [0.2, 0.25) is 0 Å². The number of aromatic nitrogens is 1. The van der Waals surface area contributed by atoms with E-state index >= 15 is 0 Å². The van der Waals surface area contributed by atoms with Crippen LogP contribution in [0.3, 0.4) is 0 Å². The number of hydrogen-bond acceptors (Lipinski definition) is 1. The molecule has 1 aromatic rings. The number of nitrogens with zero attached hydrogens (tertiary/aromatic N) is 2. The molecule has 0 aliphatic carbocycles. The molecule has 0 aliphatic heterocycles. The monoisotopic (exact) mass is 211 g/mol. The Morgan fingerprint density at radius 1 is 1.64 bits per heavy atom. The molecular formula is C8H8BrN2+. The molecule has 0 N–H and O–H groups in total. The summed E-state index contributed by atoms with van der Waals surface area (Å²) in [5.74, 6) is 0. The first-order chi connectivity index (χ1) is 5.36. The van der Waals surface area contributed by atoms with Crippen molar-refractivity contribution in [2.24, 2.45) is 0 Å². The third-order valence-corrected chi connectivity index (χ3v) is 1.68. The predicted molar refractivity (Wildman–Crippen MR) is 45.1 cm³/mol. The molecule has 1 aromatic heterocycles. The fourth-order valence-electron chi connectivity index (χ4n) is 0.825. The molecule has 3 heteroatoms. The average Bonchev–Trinajstić information content (AvgIpc) is 2.06. The highest BCUT2D eigenvalue weighted by Crippen LogP contribution is 1.90. The minimum absolute atomic E-state index is 0.702. The van der Waals surface area contributed by atoms with E-state index < -0.39 is 0 Å². The van der Waals surface area contributed by atoms with Gasteiger partial charge in [0.05, 0.1) is 5.33 Å². The molecular weight excluding hydrogens is 204 g/mol. The Bertz CT molecular complexity index is 278. The Balaban J connectivity index is 2.85. The molecule has 0 aromatic carbocycles. The maximum atomic E-state index is 8.56. The van der Waals surface area contributed by atoms with Gasteiger partial charge in [-0.25, -0.2) is 4.57 Å². The lowest BCUT2D eigenvalue weighted by atomic mass is 10.3. The van der Waals surface area contributed by atoms with Gasteiger partial charge in [-0.05, 0) is 6.07 Å². The van der Waals surface area contributed by atoms with Crippen LogP contribution in [0, 0.1) is 11.3 Å². The van der Waals surface area contributed by atoms with Gasteiger partial charge >= 0.3 is 0 Å². The van der Waals surface area contributed by atoms with Crippen LogP contribution in [-0.2, 0) is 6.54 Å². The molecule has 0 bridgehead atoms. The van der Waals surface area contributed by atoms with Crippen molar-refractivity contribution in [1.82, 2.24) is 0 Å². The number of hydrogen-bond donors (Lipinski definition) is 0. The van der Waals surface area contributed by atoms with Crippen molar-refractivity contribution in [2.75, 3.05) is 5.33 Å². The summed E-state index contributed by atoms with van der Waals surface area (Å²) < 4.78 is 1.98. The maximum absolute atomic E-state index is 8.56. The summed E-state index contributed by atoms with van der Waals surface area (Å²) in [6.45, 7) is 0.898. The zero-order valence-electron chi connectivity index (χ0n) is 6.00. The second-order valence-electron chi connectivity index (χ2n) is 2.13. The highest BCUT2D eigenvalue weighted by atomic mass is 79.9. The van der Waals surface area contributed by atoms with E-state index in [0.717, 1.165) is 11.9 Å². The molecule has 1 rings (SSSR count). The Kier molecular flexibility index (Phi) is 3.06. The van der Waals surface area contributed by atoms with E-state index in [2.05, 4.69) is 22.0 Å². The van der Waals surface area contributed by atoms with Crippen LogP contribution in [0.1, 0.15) is 5.56 Å². The van der Waals surface area contributed by atoms with Crippen LogP contribution in [0.5, 0.6) is 0 Å². The molecule has 0 spiro atoms. The lowest BCUT2D eigenvalue weighted by molar-refractivity contribution is -0.692. The third kappa shape index (κ3) is 2.32. The molecule has 0 saturated heterocycles. The molecule has 0 saturated carbocycles. The molecule has 0 fully saturated rings. The Hall–Kier alpha value is -0.880.